The average molecular weight is 286 g/mol. The molecule has 1 aliphatic rings. The summed E-state index contributed by atoms with van der Waals surface area (Å²) < 4.78 is 5.93. The second kappa shape index (κ2) is 4.62. The molecule has 3 nitrogen and oxygen atoms in total. The van der Waals surface area contributed by atoms with Crippen LogP contribution in [0.15, 0.2) is 21.2 Å². The number of nitrogens with zero attached hydrogens (tertiary/aromatic N) is 1. The van der Waals surface area contributed by atoms with Crippen molar-refractivity contribution in [2.24, 2.45) is 0 Å². The maximum absolute atomic E-state index is 12.2. The van der Waals surface area contributed by atoms with Crippen molar-refractivity contribution < 1.29 is 9.21 Å². The first-order valence-corrected chi connectivity index (χ1v) is 6.47. The van der Waals surface area contributed by atoms with E-state index in [0.717, 1.165) is 12.8 Å². The molecule has 2 atom stereocenters. The van der Waals surface area contributed by atoms with Crippen molar-refractivity contribution in [3.05, 3.63) is 22.6 Å². The van der Waals surface area contributed by atoms with Crippen LogP contribution in [0.5, 0.6) is 0 Å². The number of carbonyl (C=O) groups is 1. The number of halogens is 1. The van der Waals surface area contributed by atoms with Gasteiger partial charge in [-0.25, -0.2) is 0 Å². The van der Waals surface area contributed by atoms with E-state index in [1.165, 1.54) is 6.42 Å². The molecule has 2 rings (SSSR count). The highest BCUT2D eigenvalue weighted by molar-refractivity contribution is 9.10. The Morgan fingerprint density at radius 1 is 1.38 bits per heavy atom. The van der Waals surface area contributed by atoms with E-state index in [2.05, 4.69) is 29.8 Å². The van der Waals surface area contributed by atoms with Crippen molar-refractivity contribution in [2.45, 2.75) is 45.2 Å². The molecule has 0 bridgehead atoms. The van der Waals surface area contributed by atoms with E-state index < -0.39 is 0 Å². The van der Waals surface area contributed by atoms with Gasteiger partial charge in [0.1, 0.15) is 0 Å². The highest BCUT2D eigenvalue weighted by atomic mass is 79.9. The van der Waals surface area contributed by atoms with Crippen molar-refractivity contribution in [2.75, 3.05) is 0 Å². The third kappa shape index (κ3) is 2.17. The van der Waals surface area contributed by atoms with E-state index in [-0.39, 0.29) is 5.91 Å². The molecule has 0 aliphatic carbocycles. The number of rotatable bonds is 1. The predicted octanol–water partition coefficient (Wildman–Crippen LogP) is 3.45. The summed E-state index contributed by atoms with van der Waals surface area (Å²) in [5.74, 6) is 0.429. The van der Waals surface area contributed by atoms with Crippen LogP contribution in [0.3, 0.4) is 0 Å². The third-order valence-corrected chi connectivity index (χ3v) is 3.64. The summed E-state index contributed by atoms with van der Waals surface area (Å²) in [5, 5.41) is 0. The minimum absolute atomic E-state index is 0.00500. The normalized spacial score (nSPS) is 25.8. The van der Waals surface area contributed by atoms with Gasteiger partial charge in [-0.3, -0.25) is 4.79 Å². The molecule has 88 valence electrons. The fraction of sp³-hybridized carbons (Fsp3) is 0.583. The zero-order chi connectivity index (χ0) is 11.7. The van der Waals surface area contributed by atoms with Gasteiger partial charge in [0.15, 0.2) is 10.4 Å². The van der Waals surface area contributed by atoms with Gasteiger partial charge in [-0.1, -0.05) is 0 Å². The first kappa shape index (κ1) is 11.7. The molecule has 4 heteroatoms. The Labute approximate surface area is 104 Å². The van der Waals surface area contributed by atoms with Crippen LogP contribution in [-0.2, 0) is 0 Å². The molecule has 0 aromatic carbocycles. The third-order valence-electron chi connectivity index (χ3n) is 3.21. The maximum atomic E-state index is 12.2. The SMILES string of the molecule is CC1CCCC(C)N1C(=O)c1ccc(Br)o1. The van der Waals surface area contributed by atoms with Gasteiger partial charge in [0, 0.05) is 12.1 Å². The molecule has 1 fully saturated rings. The van der Waals surface area contributed by atoms with Crippen molar-refractivity contribution in [3.8, 4) is 0 Å². The van der Waals surface area contributed by atoms with Crippen LogP contribution in [0, 0.1) is 0 Å². The summed E-state index contributed by atoms with van der Waals surface area (Å²) in [7, 11) is 0. The fourth-order valence-corrected chi connectivity index (χ4v) is 2.68. The Morgan fingerprint density at radius 3 is 2.50 bits per heavy atom. The van der Waals surface area contributed by atoms with Crippen LogP contribution < -0.4 is 0 Å². The number of hydrogen-bond donors (Lipinski definition) is 0. The first-order valence-electron chi connectivity index (χ1n) is 5.67. The van der Waals surface area contributed by atoms with E-state index in [1.54, 1.807) is 12.1 Å². The minimum atomic E-state index is 0.00500. The van der Waals surface area contributed by atoms with Gasteiger partial charge in [-0.15, -0.1) is 0 Å². The van der Waals surface area contributed by atoms with Gasteiger partial charge in [0.05, 0.1) is 0 Å². The fourth-order valence-electron chi connectivity index (χ4n) is 2.38. The van der Waals surface area contributed by atoms with Gasteiger partial charge >= 0.3 is 0 Å². The van der Waals surface area contributed by atoms with Crippen molar-refractivity contribution in [1.29, 1.82) is 0 Å². The topological polar surface area (TPSA) is 33.5 Å². The zero-order valence-corrected chi connectivity index (χ0v) is 11.2. The highest BCUT2D eigenvalue weighted by Gasteiger charge is 2.31. The monoisotopic (exact) mass is 285 g/mol. The zero-order valence-electron chi connectivity index (χ0n) is 9.57. The number of amides is 1. The number of hydrogen-bond acceptors (Lipinski definition) is 2. The lowest BCUT2D eigenvalue weighted by atomic mass is 9.97. The number of carbonyl (C=O) groups excluding carboxylic acids is 1. The number of likely N-dealkylation sites (tertiary alicyclic amines) is 1. The van der Waals surface area contributed by atoms with Crippen LogP contribution in [0.4, 0.5) is 0 Å². The minimum Gasteiger partial charge on any atom is -0.444 e. The van der Waals surface area contributed by atoms with Gasteiger partial charge in [0.25, 0.3) is 5.91 Å². The van der Waals surface area contributed by atoms with Crippen LogP contribution in [0.1, 0.15) is 43.7 Å². The Kier molecular flexibility index (Phi) is 3.38. The Bertz CT molecular complexity index is 378. The molecule has 1 amide bonds. The molecule has 2 heterocycles. The molecule has 0 N–H and O–H groups in total. The van der Waals surface area contributed by atoms with Gasteiger partial charge in [0.2, 0.25) is 0 Å². The summed E-state index contributed by atoms with van der Waals surface area (Å²) in [4.78, 5) is 14.2. The van der Waals surface area contributed by atoms with Crippen molar-refractivity contribution >= 4 is 21.8 Å². The van der Waals surface area contributed by atoms with E-state index in [0.29, 0.717) is 22.5 Å². The lowest BCUT2D eigenvalue weighted by molar-refractivity contribution is 0.0477. The smallest absolute Gasteiger partial charge is 0.290 e. The van der Waals surface area contributed by atoms with Gasteiger partial charge < -0.3 is 9.32 Å². The number of furan rings is 1. The molecule has 1 saturated heterocycles. The molecule has 16 heavy (non-hydrogen) atoms. The maximum Gasteiger partial charge on any atom is 0.290 e. The summed E-state index contributed by atoms with van der Waals surface area (Å²) in [5.41, 5.74) is 0. The Balaban J connectivity index is 2.19. The summed E-state index contributed by atoms with van der Waals surface area (Å²) >= 11 is 3.22. The van der Waals surface area contributed by atoms with Gasteiger partial charge in [-0.2, -0.15) is 0 Å². The number of piperidine rings is 1. The average Bonchev–Trinajstić information content (AvgIpc) is 2.64. The van der Waals surface area contributed by atoms with E-state index >= 15 is 0 Å². The Hall–Kier alpha value is -0.770. The summed E-state index contributed by atoms with van der Waals surface area (Å²) in [6.45, 7) is 4.21. The van der Waals surface area contributed by atoms with Crippen LogP contribution in [0.2, 0.25) is 0 Å². The standard InChI is InChI=1S/C12H16BrNO2/c1-8-4-3-5-9(2)14(8)12(15)10-6-7-11(13)16-10/h6-9H,3-5H2,1-2H3. The molecule has 0 saturated carbocycles. The van der Waals surface area contributed by atoms with Crippen LogP contribution >= 0.6 is 15.9 Å². The second-order valence-electron chi connectivity index (χ2n) is 4.45. The second-order valence-corrected chi connectivity index (χ2v) is 5.23. The molecular weight excluding hydrogens is 270 g/mol. The molecule has 1 aliphatic heterocycles. The molecule has 0 radical (unpaired) electrons. The van der Waals surface area contributed by atoms with E-state index in [4.69, 9.17) is 4.42 Å². The first-order chi connectivity index (χ1) is 7.59. The van der Waals surface area contributed by atoms with Gasteiger partial charge in [-0.05, 0) is 61.2 Å². The lowest BCUT2D eigenvalue weighted by Crippen LogP contribution is -2.47. The van der Waals surface area contributed by atoms with Crippen molar-refractivity contribution in [3.63, 3.8) is 0 Å². The lowest BCUT2D eigenvalue weighted by Gasteiger charge is -2.38. The largest absolute Gasteiger partial charge is 0.444 e. The predicted molar refractivity (Wildman–Crippen MR) is 65.4 cm³/mol. The van der Waals surface area contributed by atoms with Crippen LogP contribution in [0.25, 0.3) is 0 Å². The molecule has 2 unspecified atom stereocenters. The Morgan fingerprint density at radius 2 is 2.00 bits per heavy atom. The summed E-state index contributed by atoms with van der Waals surface area (Å²) in [6.07, 6.45) is 3.36. The highest BCUT2D eigenvalue weighted by Crippen LogP contribution is 2.25. The van der Waals surface area contributed by atoms with Crippen molar-refractivity contribution in [1.82, 2.24) is 4.90 Å². The molecule has 1 aromatic rings. The summed E-state index contributed by atoms with van der Waals surface area (Å²) in [6, 6.07) is 4.09. The van der Waals surface area contributed by atoms with E-state index in [1.807, 2.05) is 4.90 Å². The molecule has 0 spiro atoms. The molecular formula is C12H16BrNO2. The quantitative estimate of drug-likeness (QED) is 0.792. The van der Waals surface area contributed by atoms with Crippen LogP contribution in [-0.4, -0.2) is 22.9 Å². The molecule has 1 aromatic heterocycles. The van der Waals surface area contributed by atoms with E-state index in [9.17, 15) is 4.79 Å².